The van der Waals surface area contributed by atoms with Gasteiger partial charge in [0.2, 0.25) is 5.95 Å². The van der Waals surface area contributed by atoms with Crippen LogP contribution in [-0.4, -0.2) is 58.5 Å². The number of likely N-dealkylation sites (tertiary alicyclic amines) is 1. The van der Waals surface area contributed by atoms with Crippen molar-refractivity contribution in [1.29, 1.82) is 0 Å². The van der Waals surface area contributed by atoms with E-state index >= 15 is 0 Å². The van der Waals surface area contributed by atoms with Gasteiger partial charge in [-0.05, 0) is 45.1 Å². The Morgan fingerprint density at radius 1 is 1.11 bits per heavy atom. The summed E-state index contributed by atoms with van der Waals surface area (Å²) in [5.41, 5.74) is 0.672. The maximum atomic E-state index is 13.4. The van der Waals surface area contributed by atoms with Crippen LogP contribution in [0.4, 0.5) is 5.95 Å². The minimum atomic E-state index is 0.0354. The van der Waals surface area contributed by atoms with Crippen molar-refractivity contribution in [2.24, 2.45) is 0 Å². The van der Waals surface area contributed by atoms with E-state index in [1.54, 1.807) is 12.4 Å². The first-order valence-corrected chi connectivity index (χ1v) is 10.8. The number of aromatic nitrogens is 2. The van der Waals surface area contributed by atoms with Crippen molar-refractivity contribution >= 4 is 11.9 Å². The average molecular weight is 372 g/mol. The minimum Gasteiger partial charge on any atom is -0.341 e. The molecular weight excluding hydrogens is 338 g/mol. The summed E-state index contributed by atoms with van der Waals surface area (Å²) in [6, 6.07) is 0.408. The monoisotopic (exact) mass is 371 g/mol. The maximum absolute atomic E-state index is 13.4. The van der Waals surface area contributed by atoms with Gasteiger partial charge < -0.3 is 15.1 Å². The second-order valence-corrected chi connectivity index (χ2v) is 8.48. The highest BCUT2D eigenvalue weighted by Crippen LogP contribution is 2.42. The Kier molecular flexibility index (Phi) is 5.62. The van der Waals surface area contributed by atoms with Crippen LogP contribution in [0.3, 0.4) is 0 Å². The first kappa shape index (κ1) is 18.7. The molecule has 1 N–H and O–H groups in total. The smallest absolute Gasteiger partial charge is 0.257 e. The lowest BCUT2D eigenvalue weighted by molar-refractivity contribution is 0.0499. The zero-order valence-electron chi connectivity index (χ0n) is 16.6. The largest absolute Gasteiger partial charge is 0.341 e. The van der Waals surface area contributed by atoms with Crippen molar-refractivity contribution in [2.45, 2.75) is 76.3 Å². The lowest BCUT2D eigenvalue weighted by Crippen LogP contribution is -2.48. The highest BCUT2D eigenvalue weighted by Gasteiger charge is 2.48. The van der Waals surface area contributed by atoms with Crippen LogP contribution in [0, 0.1) is 0 Å². The Labute approximate surface area is 162 Å². The summed E-state index contributed by atoms with van der Waals surface area (Å²) in [5.74, 6) is 0.882. The van der Waals surface area contributed by atoms with Gasteiger partial charge in [0.25, 0.3) is 5.91 Å². The molecule has 1 atom stereocenters. The van der Waals surface area contributed by atoms with Gasteiger partial charge in [-0.15, -0.1) is 0 Å². The molecule has 1 aromatic rings. The highest BCUT2D eigenvalue weighted by molar-refractivity contribution is 5.94. The minimum absolute atomic E-state index is 0.0354. The van der Waals surface area contributed by atoms with Crippen molar-refractivity contribution in [3.05, 3.63) is 18.0 Å². The van der Waals surface area contributed by atoms with Crippen molar-refractivity contribution in [2.75, 3.05) is 31.1 Å². The molecule has 0 aromatic carbocycles. The fourth-order valence-corrected chi connectivity index (χ4v) is 5.30. The standard InChI is InChI=1S/C21H33N5O/c1-2-22-18-13-21(9-5-3-6-10-21)26(16-18)19(27)17-14-23-20(24-15-17)25-11-7-4-8-12-25/h14-15,18,22H,2-13,16H2,1H3/t18-/m0/s1. The number of likely N-dealkylation sites (N-methyl/N-ethyl adjacent to an activating group) is 1. The lowest BCUT2D eigenvalue weighted by atomic mass is 9.79. The van der Waals surface area contributed by atoms with E-state index in [1.807, 2.05) is 0 Å². The van der Waals surface area contributed by atoms with Crippen molar-refractivity contribution in [3.63, 3.8) is 0 Å². The number of hydrogen-bond donors (Lipinski definition) is 1. The number of anilines is 1. The SMILES string of the molecule is CCN[C@@H]1CN(C(=O)c2cnc(N3CCCCC3)nc2)C2(CCCCC2)C1. The fraction of sp³-hybridized carbons (Fsp3) is 0.762. The summed E-state index contributed by atoms with van der Waals surface area (Å²) in [6.45, 7) is 5.95. The zero-order valence-corrected chi connectivity index (χ0v) is 16.6. The molecule has 2 aliphatic heterocycles. The molecule has 4 rings (SSSR count). The third-order valence-corrected chi connectivity index (χ3v) is 6.65. The van der Waals surface area contributed by atoms with Gasteiger partial charge in [-0.2, -0.15) is 0 Å². The Morgan fingerprint density at radius 2 is 1.78 bits per heavy atom. The van der Waals surface area contributed by atoms with E-state index in [1.165, 1.54) is 38.5 Å². The maximum Gasteiger partial charge on any atom is 0.257 e. The molecule has 1 amide bonds. The van der Waals surface area contributed by atoms with E-state index in [0.29, 0.717) is 11.6 Å². The number of nitrogens with zero attached hydrogens (tertiary/aromatic N) is 4. The molecule has 3 aliphatic rings. The van der Waals surface area contributed by atoms with Gasteiger partial charge in [0.15, 0.2) is 0 Å². The van der Waals surface area contributed by atoms with Crippen LogP contribution < -0.4 is 10.2 Å². The third-order valence-electron chi connectivity index (χ3n) is 6.65. The molecule has 0 radical (unpaired) electrons. The molecule has 0 unspecified atom stereocenters. The summed E-state index contributed by atoms with van der Waals surface area (Å²) in [4.78, 5) is 26.8. The van der Waals surface area contributed by atoms with Gasteiger partial charge in [0.1, 0.15) is 0 Å². The van der Waals surface area contributed by atoms with E-state index in [0.717, 1.165) is 51.4 Å². The Morgan fingerprint density at radius 3 is 2.44 bits per heavy atom. The predicted octanol–water partition coefficient (Wildman–Crippen LogP) is 2.99. The first-order chi connectivity index (χ1) is 13.2. The van der Waals surface area contributed by atoms with Gasteiger partial charge in [-0.1, -0.05) is 26.2 Å². The van der Waals surface area contributed by atoms with Gasteiger partial charge in [-0.25, -0.2) is 9.97 Å². The first-order valence-electron chi connectivity index (χ1n) is 10.8. The topological polar surface area (TPSA) is 61.4 Å². The van der Waals surface area contributed by atoms with Crippen LogP contribution >= 0.6 is 0 Å². The number of carbonyl (C=O) groups is 1. The van der Waals surface area contributed by atoms with E-state index in [4.69, 9.17) is 0 Å². The second-order valence-electron chi connectivity index (χ2n) is 8.48. The average Bonchev–Trinajstić information content (AvgIpc) is 3.06. The van der Waals surface area contributed by atoms with Crippen LogP contribution in [0.25, 0.3) is 0 Å². The summed E-state index contributed by atoms with van der Waals surface area (Å²) in [7, 11) is 0. The summed E-state index contributed by atoms with van der Waals surface area (Å²) in [5, 5.41) is 3.57. The van der Waals surface area contributed by atoms with Gasteiger partial charge in [-0.3, -0.25) is 4.79 Å². The van der Waals surface area contributed by atoms with Crippen LogP contribution in [0.15, 0.2) is 12.4 Å². The molecule has 3 fully saturated rings. The Bertz CT molecular complexity index is 634. The molecule has 1 aromatic heterocycles. The Hall–Kier alpha value is -1.69. The van der Waals surface area contributed by atoms with Gasteiger partial charge in [0, 0.05) is 43.6 Å². The molecule has 1 spiro atoms. The molecule has 6 nitrogen and oxygen atoms in total. The molecule has 148 valence electrons. The summed E-state index contributed by atoms with van der Waals surface area (Å²) in [6.07, 6.45) is 14.3. The molecule has 6 heteroatoms. The number of nitrogens with one attached hydrogen (secondary N) is 1. The molecule has 3 heterocycles. The van der Waals surface area contributed by atoms with Crippen LogP contribution in [0.5, 0.6) is 0 Å². The number of hydrogen-bond acceptors (Lipinski definition) is 5. The molecule has 0 bridgehead atoms. The van der Waals surface area contributed by atoms with E-state index in [2.05, 4.69) is 32.0 Å². The van der Waals surface area contributed by atoms with E-state index in [-0.39, 0.29) is 11.4 Å². The zero-order chi connectivity index (χ0) is 18.7. The molecular formula is C21H33N5O. The van der Waals surface area contributed by atoms with Crippen LogP contribution in [-0.2, 0) is 0 Å². The molecule has 1 aliphatic carbocycles. The molecule has 1 saturated carbocycles. The van der Waals surface area contributed by atoms with Gasteiger partial charge in [0.05, 0.1) is 5.56 Å². The quantitative estimate of drug-likeness (QED) is 0.882. The van der Waals surface area contributed by atoms with E-state index in [9.17, 15) is 4.79 Å². The van der Waals surface area contributed by atoms with Crippen molar-refractivity contribution < 1.29 is 4.79 Å². The summed E-state index contributed by atoms with van der Waals surface area (Å²) >= 11 is 0. The Balaban J connectivity index is 1.51. The third kappa shape index (κ3) is 3.82. The molecule has 27 heavy (non-hydrogen) atoms. The van der Waals surface area contributed by atoms with E-state index < -0.39 is 0 Å². The van der Waals surface area contributed by atoms with Crippen molar-refractivity contribution in [1.82, 2.24) is 20.2 Å². The van der Waals surface area contributed by atoms with Gasteiger partial charge >= 0.3 is 0 Å². The highest BCUT2D eigenvalue weighted by atomic mass is 16.2. The van der Waals surface area contributed by atoms with Crippen LogP contribution in [0.2, 0.25) is 0 Å². The number of piperidine rings is 1. The van der Waals surface area contributed by atoms with Crippen molar-refractivity contribution in [3.8, 4) is 0 Å². The fourth-order valence-electron chi connectivity index (χ4n) is 5.30. The normalized spacial score (nSPS) is 25.1. The molecule has 2 saturated heterocycles. The predicted molar refractivity (Wildman–Crippen MR) is 107 cm³/mol. The summed E-state index contributed by atoms with van der Waals surface area (Å²) < 4.78 is 0. The lowest BCUT2D eigenvalue weighted by Gasteiger charge is -2.41. The number of rotatable bonds is 4. The van der Waals surface area contributed by atoms with Crippen LogP contribution in [0.1, 0.15) is 75.1 Å². The second kappa shape index (κ2) is 8.13. The number of amides is 1. The number of carbonyl (C=O) groups excluding carboxylic acids is 1.